The number of morpholine rings is 1. The summed E-state index contributed by atoms with van der Waals surface area (Å²) in [6, 6.07) is 4.18. The lowest BCUT2D eigenvalue weighted by Crippen LogP contribution is -2.52. The monoisotopic (exact) mass is 290 g/mol. The number of fused-ring (bicyclic) bond motifs is 1. The summed E-state index contributed by atoms with van der Waals surface area (Å²) >= 11 is 0. The molecule has 1 aromatic rings. The second-order valence-electron chi connectivity index (χ2n) is 5.74. The molecule has 1 aliphatic heterocycles. The van der Waals surface area contributed by atoms with E-state index < -0.39 is 0 Å². The third-order valence-corrected chi connectivity index (χ3v) is 4.43. The van der Waals surface area contributed by atoms with Crippen LogP contribution in [-0.2, 0) is 11.3 Å². The third kappa shape index (κ3) is 3.23. The number of hydrazine groups is 1. The Kier molecular flexibility index (Phi) is 4.48. The van der Waals surface area contributed by atoms with Crippen LogP contribution in [0.5, 0.6) is 0 Å². The third-order valence-electron chi connectivity index (χ3n) is 4.43. The summed E-state index contributed by atoms with van der Waals surface area (Å²) < 4.78 is 5.89. The Bertz CT molecular complexity index is 489. The van der Waals surface area contributed by atoms with Crippen molar-refractivity contribution in [3.05, 3.63) is 29.6 Å². The summed E-state index contributed by atoms with van der Waals surface area (Å²) in [4.78, 5) is 18.3. The lowest BCUT2D eigenvalue weighted by molar-refractivity contribution is -0.0914. The van der Waals surface area contributed by atoms with Gasteiger partial charge in [-0.25, -0.2) is 5.84 Å². The number of carbonyl (C=O) groups excluding carboxylic acids is 1. The number of nitrogens with zero attached hydrogens (tertiary/aromatic N) is 2. The van der Waals surface area contributed by atoms with Crippen molar-refractivity contribution in [3.63, 3.8) is 0 Å². The van der Waals surface area contributed by atoms with Gasteiger partial charge in [0.25, 0.3) is 5.91 Å². The van der Waals surface area contributed by atoms with Gasteiger partial charge in [-0.3, -0.25) is 20.1 Å². The fourth-order valence-electron chi connectivity index (χ4n) is 3.32. The van der Waals surface area contributed by atoms with Crippen LogP contribution in [0.15, 0.2) is 18.3 Å². The maximum atomic E-state index is 11.4. The molecule has 0 aromatic carbocycles. The van der Waals surface area contributed by atoms with Crippen molar-refractivity contribution in [2.24, 2.45) is 5.84 Å². The standard InChI is InChI=1S/C15H22N4O2/c16-18-15(20)11-5-6-12(17-9-11)10-19-7-8-21-14-4-2-1-3-13(14)19/h5-6,9,13-14H,1-4,7-8,10,16H2,(H,18,20). The van der Waals surface area contributed by atoms with Gasteiger partial charge in [0, 0.05) is 25.3 Å². The van der Waals surface area contributed by atoms with Crippen molar-refractivity contribution in [2.45, 2.75) is 44.4 Å². The summed E-state index contributed by atoms with van der Waals surface area (Å²) in [5.41, 5.74) is 3.58. The van der Waals surface area contributed by atoms with E-state index in [0.29, 0.717) is 17.7 Å². The highest BCUT2D eigenvalue weighted by molar-refractivity contribution is 5.93. The smallest absolute Gasteiger partial charge is 0.266 e. The SMILES string of the molecule is NNC(=O)c1ccc(CN2CCOC3CCCCC32)nc1. The molecule has 0 spiro atoms. The van der Waals surface area contributed by atoms with Crippen molar-refractivity contribution in [2.75, 3.05) is 13.2 Å². The van der Waals surface area contributed by atoms with Gasteiger partial charge < -0.3 is 4.74 Å². The number of hydrogen-bond acceptors (Lipinski definition) is 5. The zero-order chi connectivity index (χ0) is 14.7. The van der Waals surface area contributed by atoms with E-state index in [9.17, 15) is 4.79 Å². The summed E-state index contributed by atoms with van der Waals surface area (Å²) in [5, 5.41) is 0. The molecule has 21 heavy (non-hydrogen) atoms. The first-order valence-electron chi connectivity index (χ1n) is 7.59. The minimum atomic E-state index is -0.312. The summed E-state index contributed by atoms with van der Waals surface area (Å²) in [6.45, 7) is 2.57. The first kappa shape index (κ1) is 14.4. The van der Waals surface area contributed by atoms with Gasteiger partial charge in [0.1, 0.15) is 0 Å². The van der Waals surface area contributed by atoms with Crippen LogP contribution < -0.4 is 11.3 Å². The second kappa shape index (κ2) is 6.51. The first-order valence-corrected chi connectivity index (χ1v) is 7.59. The van der Waals surface area contributed by atoms with E-state index in [2.05, 4.69) is 15.3 Å². The van der Waals surface area contributed by atoms with Crippen LogP contribution in [0.2, 0.25) is 0 Å². The van der Waals surface area contributed by atoms with Crippen LogP contribution >= 0.6 is 0 Å². The van der Waals surface area contributed by atoms with Crippen LogP contribution in [0.1, 0.15) is 41.7 Å². The molecule has 1 saturated heterocycles. The number of carbonyl (C=O) groups is 1. The minimum absolute atomic E-state index is 0.312. The van der Waals surface area contributed by atoms with E-state index in [4.69, 9.17) is 10.6 Å². The normalized spacial score (nSPS) is 26.1. The number of aromatic nitrogens is 1. The van der Waals surface area contributed by atoms with E-state index in [1.807, 2.05) is 6.07 Å². The van der Waals surface area contributed by atoms with Gasteiger partial charge in [-0.05, 0) is 25.0 Å². The lowest BCUT2D eigenvalue weighted by atomic mass is 9.90. The van der Waals surface area contributed by atoms with Crippen LogP contribution in [-0.4, -0.2) is 41.1 Å². The molecule has 3 N–H and O–H groups in total. The molecule has 1 amide bonds. The average molecular weight is 290 g/mol. The molecule has 2 atom stereocenters. The zero-order valence-electron chi connectivity index (χ0n) is 12.1. The number of nitrogen functional groups attached to an aromatic ring is 1. The number of hydrogen-bond donors (Lipinski definition) is 2. The molecule has 2 heterocycles. The highest BCUT2D eigenvalue weighted by Gasteiger charge is 2.34. The first-order chi connectivity index (χ1) is 10.3. The Morgan fingerprint density at radius 3 is 3.05 bits per heavy atom. The summed E-state index contributed by atoms with van der Waals surface area (Å²) in [5.74, 6) is 4.80. The maximum absolute atomic E-state index is 11.4. The number of nitrogens with two attached hydrogens (primary N) is 1. The fourth-order valence-corrected chi connectivity index (χ4v) is 3.32. The molecule has 1 aromatic heterocycles. The lowest BCUT2D eigenvalue weighted by Gasteiger charge is -2.43. The van der Waals surface area contributed by atoms with Crippen molar-refractivity contribution in [3.8, 4) is 0 Å². The van der Waals surface area contributed by atoms with Crippen LogP contribution in [0.4, 0.5) is 0 Å². The molecule has 1 saturated carbocycles. The van der Waals surface area contributed by atoms with Crippen molar-refractivity contribution < 1.29 is 9.53 Å². The molecule has 0 radical (unpaired) electrons. The molecular formula is C15H22N4O2. The molecule has 6 nitrogen and oxygen atoms in total. The Balaban J connectivity index is 1.66. The van der Waals surface area contributed by atoms with Gasteiger partial charge in [-0.2, -0.15) is 0 Å². The van der Waals surface area contributed by atoms with Crippen molar-refractivity contribution >= 4 is 5.91 Å². The molecule has 3 rings (SSSR count). The van der Waals surface area contributed by atoms with Crippen molar-refractivity contribution in [1.82, 2.24) is 15.3 Å². The minimum Gasteiger partial charge on any atom is -0.375 e. The molecule has 2 unspecified atom stereocenters. The predicted octanol–water partition coefficient (Wildman–Crippen LogP) is 0.828. The van der Waals surface area contributed by atoms with E-state index in [0.717, 1.165) is 25.4 Å². The Hall–Kier alpha value is -1.50. The van der Waals surface area contributed by atoms with E-state index in [-0.39, 0.29) is 5.91 Å². The zero-order valence-corrected chi connectivity index (χ0v) is 12.1. The topological polar surface area (TPSA) is 80.5 Å². The van der Waals surface area contributed by atoms with Gasteiger partial charge in [0.2, 0.25) is 0 Å². The fraction of sp³-hybridized carbons (Fsp3) is 0.600. The molecule has 1 aliphatic carbocycles. The van der Waals surface area contributed by atoms with Crippen molar-refractivity contribution in [1.29, 1.82) is 0 Å². The van der Waals surface area contributed by atoms with Gasteiger partial charge >= 0.3 is 0 Å². The van der Waals surface area contributed by atoms with Gasteiger partial charge in [0.05, 0.1) is 24.0 Å². The predicted molar refractivity (Wildman–Crippen MR) is 78.3 cm³/mol. The molecule has 6 heteroatoms. The molecule has 2 fully saturated rings. The highest BCUT2D eigenvalue weighted by atomic mass is 16.5. The summed E-state index contributed by atoms with van der Waals surface area (Å²) in [6.07, 6.45) is 6.90. The number of pyridine rings is 1. The molecule has 2 aliphatic rings. The number of ether oxygens (including phenoxy) is 1. The van der Waals surface area contributed by atoms with Gasteiger partial charge in [-0.15, -0.1) is 0 Å². The molecular weight excluding hydrogens is 268 g/mol. The van der Waals surface area contributed by atoms with E-state index in [1.165, 1.54) is 25.7 Å². The summed E-state index contributed by atoms with van der Waals surface area (Å²) in [7, 11) is 0. The Morgan fingerprint density at radius 1 is 1.43 bits per heavy atom. The van der Waals surface area contributed by atoms with Gasteiger partial charge in [0.15, 0.2) is 0 Å². The van der Waals surface area contributed by atoms with Crippen LogP contribution in [0.25, 0.3) is 0 Å². The number of amides is 1. The van der Waals surface area contributed by atoms with Gasteiger partial charge in [-0.1, -0.05) is 12.8 Å². The highest BCUT2D eigenvalue weighted by Crippen LogP contribution is 2.29. The largest absolute Gasteiger partial charge is 0.375 e. The Morgan fingerprint density at radius 2 is 2.29 bits per heavy atom. The maximum Gasteiger partial charge on any atom is 0.266 e. The number of rotatable bonds is 3. The quantitative estimate of drug-likeness (QED) is 0.489. The van der Waals surface area contributed by atoms with E-state index >= 15 is 0 Å². The van der Waals surface area contributed by atoms with Crippen LogP contribution in [0.3, 0.4) is 0 Å². The second-order valence-corrected chi connectivity index (χ2v) is 5.74. The average Bonchev–Trinajstić information content (AvgIpc) is 2.55. The number of nitrogens with one attached hydrogen (secondary N) is 1. The molecule has 0 bridgehead atoms. The Labute approximate surface area is 124 Å². The molecule has 114 valence electrons. The van der Waals surface area contributed by atoms with Crippen LogP contribution in [0, 0.1) is 0 Å². The van der Waals surface area contributed by atoms with E-state index in [1.54, 1.807) is 12.3 Å².